The maximum atomic E-state index is 15.4. The quantitative estimate of drug-likeness (QED) is 0.323. The lowest BCUT2D eigenvalue weighted by molar-refractivity contribution is -0.117. The Labute approximate surface area is 239 Å². The van der Waals surface area contributed by atoms with E-state index in [0.717, 1.165) is 59.4 Å². The first-order chi connectivity index (χ1) is 19.3. The Balaban J connectivity index is 0.00000181. The molecule has 0 N–H and O–H groups in total. The third-order valence-electron chi connectivity index (χ3n) is 8.43. The number of rotatable bonds is 5. The van der Waals surface area contributed by atoms with Gasteiger partial charge in [-0.05, 0) is 77.5 Å². The number of methoxy groups -OCH3 is 1. The third-order valence-corrected chi connectivity index (χ3v) is 8.43. The summed E-state index contributed by atoms with van der Waals surface area (Å²) in [6, 6.07) is 8.67. The second kappa shape index (κ2) is 12.8. The summed E-state index contributed by atoms with van der Waals surface area (Å²) < 4.78 is 23.0. The minimum atomic E-state index is -1.04. The van der Waals surface area contributed by atoms with E-state index in [2.05, 4.69) is 36.3 Å². The van der Waals surface area contributed by atoms with Crippen LogP contribution in [0.25, 0.3) is 17.2 Å². The van der Waals surface area contributed by atoms with Crippen LogP contribution < -0.4 is 9.64 Å². The van der Waals surface area contributed by atoms with Gasteiger partial charge in [-0.3, -0.25) is 9.48 Å². The number of carbonyl (C=O) groups excluding carboxylic acids is 1. The van der Waals surface area contributed by atoms with Gasteiger partial charge in [0.25, 0.3) is 0 Å². The second-order valence-electron chi connectivity index (χ2n) is 10.8. The van der Waals surface area contributed by atoms with Gasteiger partial charge in [0.15, 0.2) is 0 Å². The number of alkyl halides is 1. The molecule has 5 rings (SSSR count). The Hall–Kier alpha value is -3.41. The van der Waals surface area contributed by atoms with Crippen molar-refractivity contribution in [2.45, 2.75) is 84.2 Å². The number of anilines is 1. The lowest BCUT2D eigenvalue weighted by Gasteiger charge is -2.32. The molecular weight excluding hydrogens is 501 g/mol. The number of carbonyl (C=O) groups is 1. The van der Waals surface area contributed by atoms with Gasteiger partial charge in [0.05, 0.1) is 19.0 Å². The van der Waals surface area contributed by atoms with Crippen LogP contribution in [-0.4, -0.2) is 29.8 Å². The summed E-state index contributed by atoms with van der Waals surface area (Å²) in [5.74, 6) is 1.26. The first-order valence-electron chi connectivity index (χ1n) is 14.8. The van der Waals surface area contributed by atoms with E-state index < -0.39 is 6.17 Å². The number of amides is 1. The first kappa shape index (κ1) is 29.6. The molecule has 3 atom stereocenters. The normalized spacial score (nSPS) is 19.4. The zero-order chi connectivity index (χ0) is 29.0. The fourth-order valence-corrected chi connectivity index (χ4v) is 6.22. The van der Waals surface area contributed by atoms with Gasteiger partial charge in [-0.15, -0.1) is 0 Å². The maximum absolute atomic E-state index is 15.4. The van der Waals surface area contributed by atoms with Crippen LogP contribution in [0.4, 0.5) is 10.1 Å². The number of aryl methyl sites for hydroxylation is 2. The van der Waals surface area contributed by atoms with E-state index in [1.54, 1.807) is 16.7 Å². The Morgan fingerprint density at radius 1 is 1.15 bits per heavy atom. The molecule has 5 nitrogen and oxygen atoms in total. The highest BCUT2D eigenvalue weighted by Crippen LogP contribution is 2.46. The van der Waals surface area contributed by atoms with Gasteiger partial charge in [0, 0.05) is 37.8 Å². The van der Waals surface area contributed by atoms with Crippen LogP contribution in [0.5, 0.6) is 5.75 Å². The van der Waals surface area contributed by atoms with Crippen molar-refractivity contribution < 1.29 is 13.9 Å². The molecule has 2 aliphatic rings. The molecule has 1 aliphatic carbocycles. The van der Waals surface area contributed by atoms with E-state index in [4.69, 9.17) is 4.74 Å². The fraction of sp³-hybridized carbons (Fsp3) is 0.471. The van der Waals surface area contributed by atoms with Crippen molar-refractivity contribution in [1.29, 1.82) is 0 Å². The first-order valence-corrected chi connectivity index (χ1v) is 14.8. The number of fused-ring (bicyclic) bond motifs is 2. The Morgan fingerprint density at radius 2 is 1.93 bits per heavy atom. The smallest absolute Gasteiger partial charge is 0.230 e. The molecule has 1 aromatic heterocycles. The van der Waals surface area contributed by atoms with Gasteiger partial charge in [0.2, 0.25) is 5.91 Å². The van der Waals surface area contributed by atoms with Crippen molar-refractivity contribution in [2.75, 3.05) is 19.1 Å². The van der Waals surface area contributed by atoms with Crippen molar-refractivity contribution in [3.63, 3.8) is 0 Å². The molecule has 6 heteroatoms. The molecule has 0 saturated heterocycles. The van der Waals surface area contributed by atoms with E-state index in [1.165, 1.54) is 16.7 Å². The molecule has 1 amide bonds. The molecular formula is C34H44FN3O2. The molecule has 2 heterocycles. The molecule has 0 saturated carbocycles. The number of benzene rings is 2. The minimum Gasteiger partial charge on any atom is -0.496 e. The average molecular weight is 546 g/mol. The van der Waals surface area contributed by atoms with E-state index >= 15 is 4.39 Å². The van der Waals surface area contributed by atoms with Gasteiger partial charge in [0.1, 0.15) is 11.9 Å². The molecule has 1 aliphatic heterocycles. The van der Waals surface area contributed by atoms with Crippen molar-refractivity contribution in [1.82, 2.24) is 9.78 Å². The average Bonchev–Trinajstić information content (AvgIpc) is 3.35. The molecule has 40 heavy (non-hydrogen) atoms. The predicted molar refractivity (Wildman–Crippen MR) is 163 cm³/mol. The standard InChI is InChI=1S/C32H38FN3O2.C2H6/c1-6-29(33)28-17-26-20(2)24(11-8-7-10-21(26)14-27(28)23-18-34-35(3)19-23)22-15-30-25(31(16-22)38-5)12-9-13-32(37)36(30)4;1-2/h9,12,14-20,24,29H,6-8,10-11,13H2,1-5H3;1-2H3. The largest absolute Gasteiger partial charge is 0.496 e. The number of hydrogen-bond acceptors (Lipinski definition) is 3. The Bertz CT molecular complexity index is 1380. The number of nitrogens with zero attached hydrogens (tertiary/aromatic N) is 3. The van der Waals surface area contributed by atoms with Crippen LogP contribution in [0.3, 0.4) is 0 Å². The summed E-state index contributed by atoms with van der Waals surface area (Å²) in [7, 11) is 5.42. The lowest BCUT2D eigenvalue weighted by Crippen LogP contribution is -2.25. The highest BCUT2D eigenvalue weighted by molar-refractivity contribution is 5.99. The number of ether oxygens (including phenoxy) is 1. The fourth-order valence-electron chi connectivity index (χ4n) is 6.22. The highest BCUT2D eigenvalue weighted by Gasteiger charge is 2.30. The maximum Gasteiger partial charge on any atom is 0.230 e. The van der Waals surface area contributed by atoms with Crippen LogP contribution in [0.1, 0.15) is 106 Å². The van der Waals surface area contributed by atoms with Gasteiger partial charge in [-0.1, -0.05) is 58.4 Å². The van der Waals surface area contributed by atoms with Crippen molar-refractivity contribution in [2.24, 2.45) is 7.05 Å². The van der Waals surface area contributed by atoms with Gasteiger partial charge in [-0.2, -0.15) is 5.10 Å². The Morgan fingerprint density at radius 3 is 2.60 bits per heavy atom. The van der Waals surface area contributed by atoms with Crippen LogP contribution in [0.2, 0.25) is 0 Å². The Kier molecular flexibility index (Phi) is 9.49. The summed E-state index contributed by atoms with van der Waals surface area (Å²) in [6.45, 7) is 8.17. The molecule has 0 radical (unpaired) electrons. The molecule has 2 aromatic carbocycles. The number of aromatic nitrogens is 2. The second-order valence-corrected chi connectivity index (χ2v) is 10.8. The van der Waals surface area contributed by atoms with Crippen LogP contribution >= 0.6 is 0 Å². The van der Waals surface area contributed by atoms with Crippen LogP contribution in [0.15, 0.2) is 42.7 Å². The van der Waals surface area contributed by atoms with Gasteiger partial charge < -0.3 is 9.64 Å². The molecule has 0 spiro atoms. The number of halogens is 1. The van der Waals surface area contributed by atoms with Gasteiger partial charge in [-0.25, -0.2) is 4.39 Å². The van der Waals surface area contributed by atoms with Crippen LogP contribution in [0, 0.1) is 0 Å². The lowest BCUT2D eigenvalue weighted by atomic mass is 9.74. The van der Waals surface area contributed by atoms with Crippen LogP contribution in [-0.2, 0) is 18.3 Å². The number of hydrogen-bond donors (Lipinski definition) is 0. The van der Waals surface area contributed by atoms with Crippen molar-refractivity contribution >= 4 is 17.7 Å². The molecule has 214 valence electrons. The summed E-state index contributed by atoms with van der Waals surface area (Å²) in [4.78, 5) is 14.4. The SMILES string of the molecule is CC.CCC(F)c1cc2c(cc1-c1cnn(C)c1)CCCCC(c1cc(OC)c3c(c1)N(C)C(=O)CC=C3)C2C. The molecule has 3 aromatic rings. The third kappa shape index (κ3) is 5.72. The van der Waals surface area contributed by atoms with E-state index in [9.17, 15) is 4.79 Å². The topological polar surface area (TPSA) is 47.4 Å². The summed E-state index contributed by atoms with van der Waals surface area (Å²) in [5.41, 5.74) is 8.18. The van der Waals surface area contributed by atoms with Crippen molar-refractivity contribution in [3.8, 4) is 16.9 Å². The zero-order valence-corrected chi connectivity index (χ0v) is 25.1. The van der Waals surface area contributed by atoms with Gasteiger partial charge >= 0.3 is 0 Å². The monoisotopic (exact) mass is 545 g/mol. The van der Waals surface area contributed by atoms with E-state index in [0.29, 0.717) is 12.8 Å². The molecule has 0 bridgehead atoms. The zero-order valence-electron chi connectivity index (χ0n) is 25.1. The summed E-state index contributed by atoms with van der Waals surface area (Å²) in [5, 5.41) is 4.35. The summed E-state index contributed by atoms with van der Waals surface area (Å²) >= 11 is 0. The predicted octanol–water partition coefficient (Wildman–Crippen LogP) is 8.54. The highest BCUT2D eigenvalue weighted by atomic mass is 19.1. The van der Waals surface area contributed by atoms with E-state index in [1.807, 2.05) is 59.4 Å². The van der Waals surface area contributed by atoms with E-state index in [-0.39, 0.29) is 17.7 Å². The summed E-state index contributed by atoms with van der Waals surface area (Å²) in [6.07, 6.45) is 11.7. The minimum absolute atomic E-state index is 0.0661. The molecule has 0 fully saturated rings. The molecule has 3 unspecified atom stereocenters. The van der Waals surface area contributed by atoms with Crippen molar-refractivity contribution in [3.05, 3.63) is 70.6 Å².